The molecule has 1 rings (SSSR count). The van der Waals surface area contributed by atoms with Crippen molar-refractivity contribution >= 4 is 0 Å². The maximum absolute atomic E-state index is 9.00. The molecule has 1 fully saturated rings. The molecule has 0 aromatic carbocycles. The van der Waals surface area contributed by atoms with Gasteiger partial charge in [-0.1, -0.05) is 6.92 Å². The zero-order valence-electron chi connectivity index (χ0n) is 9.83. The maximum Gasteiger partial charge on any atom is 0.0582 e. The molecule has 0 saturated carbocycles. The number of nitrogens with one attached hydrogen (secondary N) is 1. The van der Waals surface area contributed by atoms with Gasteiger partial charge >= 0.3 is 0 Å². The Morgan fingerprint density at radius 1 is 1.50 bits per heavy atom. The van der Waals surface area contributed by atoms with Crippen molar-refractivity contribution in [2.24, 2.45) is 5.92 Å². The number of aliphatic hydroxyl groups is 1. The van der Waals surface area contributed by atoms with Crippen LogP contribution in [0.5, 0.6) is 0 Å². The Labute approximate surface area is 87.5 Å². The van der Waals surface area contributed by atoms with Crippen molar-refractivity contribution in [1.82, 2.24) is 10.2 Å². The monoisotopic (exact) mass is 200 g/mol. The highest BCUT2D eigenvalue weighted by molar-refractivity contribution is 4.87. The minimum absolute atomic E-state index is 0.220. The van der Waals surface area contributed by atoms with Gasteiger partial charge in [0.15, 0.2) is 0 Å². The summed E-state index contributed by atoms with van der Waals surface area (Å²) in [7, 11) is 2.19. The lowest BCUT2D eigenvalue weighted by Gasteiger charge is -2.41. The lowest BCUT2D eigenvalue weighted by Crippen LogP contribution is -2.53. The molecule has 4 atom stereocenters. The second-order valence-corrected chi connectivity index (χ2v) is 4.86. The Kier molecular flexibility index (Phi) is 4.35. The molecule has 0 unspecified atom stereocenters. The maximum atomic E-state index is 9.00. The third-order valence-corrected chi connectivity index (χ3v) is 3.38. The van der Waals surface area contributed by atoms with E-state index in [2.05, 4.69) is 31.1 Å². The van der Waals surface area contributed by atoms with Crippen LogP contribution in [0.1, 0.15) is 27.2 Å². The van der Waals surface area contributed by atoms with E-state index in [9.17, 15) is 0 Å². The quantitative estimate of drug-likeness (QED) is 0.703. The predicted molar refractivity (Wildman–Crippen MR) is 59.3 cm³/mol. The highest BCUT2D eigenvalue weighted by atomic mass is 16.3. The van der Waals surface area contributed by atoms with Gasteiger partial charge in [-0.15, -0.1) is 0 Å². The van der Waals surface area contributed by atoms with Gasteiger partial charge in [-0.2, -0.15) is 0 Å². The van der Waals surface area contributed by atoms with Crippen molar-refractivity contribution in [1.29, 1.82) is 0 Å². The highest BCUT2D eigenvalue weighted by Gasteiger charge is 2.29. The first kappa shape index (κ1) is 12.0. The van der Waals surface area contributed by atoms with Crippen molar-refractivity contribution in [3.8, 4) is 0 Å². The Bertz CT molecular complexity index is 173. The first-order valence-electron chi connectivity index (χ1n) is 5.61. The molecule has 0 amide bonds. The number of hydrogen-bond acceptors (Lipinski definition) is 3. The second kappa shape index (κ2) is 5.10. The number of piperidine rings is 1. The van der Waals surface area contributed by atoms with E-state index in [1.165, 1.54) is 6.42 Å². The topological polar surface area (TPSA) is 35.5 Å². The first-order chi connectivity index (χ1) is 6.54. The molecule has 0 spiro atoms. The predicted octanol–water partition coefficient (Wildman–Crippen LogP) is 0.685. The van der Waals surface area contributed by atoms with E-state index in [1.54, 1.807) is 0 Å². The van der Waals surface area contributed by atoms with Crippen LogP contribution in [-0.2, 0) is 0 Å². The van der Waals surface area contributed by atoms with Gasteiger partial charge in [0.25, 0.3) is 0 Å². The van der Waals surface area contributed by atoms with Crippen molar-refractivity contribution < 1.29 is 5.11 Å². The second-order valence-electron chi connectivity index (χ2n) is 4.86. The summed E-state index contributed by atoms with van der Waals surface area (Å²) in [5.41, 5.74) is 0. The summed E-state index contributed by atoms with van der Waals surface area (Å²) in [5, 5.41) is 12.5. The van der Waals surface area contributed by atoms with Crippen LogP contribution in [0.4, 0.5) is 0 Å². The normalized spacial score (nSPS) is 37.1. The zero-order valence-corrected chi connectivity index (χ0v) is 9.83. The molecule has 0 aliphatic carbocycles. The molecule has 0 aromatic rings. The van der Waals surface area contributed by atoms with E-state index in [0.29, 0.717) is 18.0 Å². The molecule has 1 heterocycles. The van der Waals surface area contributed by atoms with E-state index in [1.807, 2.05) is 6.92 Å². The molecule has 0 bridgehead atoms. The highest BCUT2D eigenvalue weighted by Crippen LogP contribution is 2.20. The summed E-state index contributed by atoms with van der Waals surface area (Å²) in [6, 6.07) is 1.43. The number of rotatable bonds is 3. The third-order valence-electron chi connectivity index (χ3n) is 3.38. The van der Waals surface area contributed by atoms with Crippen molar-refractivity contribution in [2.75, 3.05) is 20.2 Å². The van der Waals surface area contributed by atoms with Gasteiger partial charge in [-0.05, 0) is 33.2 Å². The number of nitrogens with zero attached hydrogens (tertiary/aromatic N) is 1. The van der Waals surface area contributed by atoms with E-state index >= 15 is 0 Å². The molecule has 1 aliphatic heterocycles. The summed E-state index contributed by atoms with van der Waals surface area (Å²) in [6.07, 6.45) is 1.18. The van der Waals surface area contributed by atoms with Gasteiger partial charge in [0.1, 0.15) is 0 Å². The minimum atomic E-state index is 0.220. The fourth-order valence-electron chi connectivity index (χ4n) is 2.19. The molecule has 1 aliphatic rings. The SMILES string of the molecule is C[C@@H]1CN(C)[C@@H](C)C[C@@H]1N[C@@H](C)CO. The molecule has 14 heavy (non-hydrogen) atoms. The molecule has 2 N–H and O–H groups in total. The Hall–Kier alpha value is -0.120. The molecule has 84 valence electrons. The Balaban J connectivity index is 2.44. The summed E-state index contributed by atoms with van der Waals surface area (Å²) < 4.78 is 0. The van der Waals surface area contributed by atoms with Crippen molar-refractivity contribution in [3.05, 3.63) is 0 Å². The van der Waals surface area contributed by atoms with Crippen LogP contribution in [0.25, 0.3) is 0 Å². The first-order valence-corrected chi connectivity index (χ1v) is 5.61. The van der Waals surface area contributed by atoms with E-state index in [4.69, 9.17) is 5.11 Å². The summed E-state index contributed by atoms with van der Waals surface area (Å²) in [5.74, 6) is 0.671. The molecule has 1 saturated heterocycles. The van der Waals surface area contributed by atoms with Crippen molar-refractivity contribution in [2.45, 2.75) is 45.3 Å². The van der Waals surface area contributed by atoms with Crippen LogP contribution < -0.4 is 5.32 Å². The average Bonchev–Trinajstić information content (AvgIpc) is 2.14. The molecule has 0 radical (unpaired) electrons. The largest absolute Gasteiger partial charge is 0.395 e. The minimum Gasteiger partial charge on any atom is -0.395 e. The average molecular weight is 200 g/mol. The van der Waals surface area contributed by atoms with E-state index in [0.717, 1.165) is 6.54 Å². The summed E-state index contributed by atoms with van der Waals surface area (Å²) in [4.78, 5) is 2.41. The zero-order chi connectivity index (χ0) is 10.7. The van der Waals surface area contributed by atoms with Gasteiger partial charge in [0, 0.05) is 24.7 Å². The fourth-order valence-corrected chi connectivity index (χ4v) is 2.19. The number of hydrogen-bond donors (Lipinski definition) is 2. The van der Waals surface area contributed by atoms with Gasteiger partial charge in [-0.25, -0.2) is 0 Å². The van der Waals surface area contributed by atoms with Crippen LogP contribution >= 0.6 is 0 Å². The lowest BCUT2D eigenvalue weighted by atomic mass is 9.89. The van der Waals surface area contributed by atoms with Crippen LogP contribution in [0.15, 0.2) is 0 Å². The van der Waals surface area contributed by atoms with Crippen LogP contribution in [0, 0.1) is 5.92 Å². The molecule has 3 heteroatoms. The van der Waals surface area contributed by atoms with E-state index < -0.39 is 0 Å². The fraction of sp³-hybridized carbons (Fsp3) is 1.00. The standard InChI is InChI=1S/C11H24N2O/c1-8-6-13(4)10(3)5-11(8)12-9(2)7-14/h8-12,14H,5-7H2,1-4H3/t8-,9+,10+,11+/m1/s1. The van der Waals surface area contributed by atoms with Gasteiger partial charge in [0.2, 0.25) is 0 Å². The lowest BCUT2D eigenvalue weighted by molar-refractivity contribution is 0.109. The summed E-state index contributed by atoms with van der Waals surface area (Å²) >= 11 is 0. The molecular formula is C11H24N2O. The molecule has 0 aromatic heterocycles. The van der Waals surface area contributed by atoms with Crippen LogP contribution in [0.3, 0.4) is 0 Å². The Morgan fingerprint density at radius 2 is 2.14 bits per heavy atom. The molecule has 3 nitrogen and oxygen atoms in total. The number of likely N-dealkylation sites (tertiary alicyclic amines) is 1. The van der Waals surface area contributed by atoms with Crippen molar-refractivity contribution in [3.63, 3.8) is 0 Å². The van der Waals surface area contributed by atoms with E-state index in [-0.39, 0.29) is 12.6 Å². The van der Waals surface area contributed by atoms with Gasteiger partial charge in [0.05, 0.1) is 6.61 Å². The smallest absolute Gasteiger partial charge is 0.0582 e. The Morgan fingerprint density at radius 3 is 2.71 bits per heavy atom. The van der Waals surface area contributed by atoms with Crippen LogP contribution in [-0.4, -0.2) is 48.3 Å². The number of aliphatic hydroxyl groups excluding tert-OH is 1. The summed E-state index contributed by atoms with van der Waals surface area (Å²) in [6.45, 7) is 7.97. The van der Waals surface area contributed by atoms with Gasteiger partial charge < -0.3 is 15.3 Å². The van der Waals surface area contributed by atoms with Gasteiger partial charge in [-0.3, -0.25) is 0 Å². The molecular weight excluding hydrogens is 176 g/mol. The van der Waals surface area contributed by atoms with Crippen LogP contribution in [0.2, 0.25) is 0 Å². The third kappa shape index (κ3) is 2.94.